The first-order valence-corrected chi connectivity index (χ1v) is 13.9. The van der Waals surface area contributed by atoms with E-state index in [1.165, 1.54) is 17.4 Å². The van der Waals surface area contributed by atoms with Gasteiger partial charge < -0.3 is 19.9 Å². The van der Waals surface area contributed by atoms with Gasteiger partial charge in [-0.3, -0.25) is 9.59 Å². The molecule has 2 fully saturated rings. The molecule has 3 amide bonds. The van der Waals surface area contributed by atoms with Gasteiger partial charge in [-0.05, 0) is 63.6 Å². The fourth-order valence-electron chi connectivity index (χ4n) is 4.81. The summed E-state index contributed by atoms with van der Waals surface area (Å²) in [5.74, 6) is -0.153. The molecule has 0 aliphatic carbocycles. The fraction of sp³-hybridized carbons (Fsp3) is 0.519. The number of halogens is 1. The monoisotopic (exact) mass is 557 g/mol. The Morgan fingerprint density at radius 2 is 2.05 bits per heavy atom. The van der Waals surface area contributed by atoms with Gasteiger partial charge in [0.1, 0.15) is 16.3 Å². The SMILES string of the molecule is C[C@@H]1CN(C(=O)OC(C)(C)C)C[C@H]1CNC(=O)c1csc([C@H]2CCCN2C(=O)c2ccc(C#N)cc2Cl)n1. The molecule has 11 heteroatoms. The fourth-order valence-corrected chi connectivity index (χ4v) is 6.02. The number of hydrogen-bond donors (Lipinski definition) is 1. The highest BCUT2D eigenvalue weighted by Crippen LogP contribution is 2.36. The summed E-state index contributed by atoms with van der Waals surface area (Å²) in [4.78, 5) is 46.5. The van der Waals surface area contributed by atoms with Crippen molar-refractivity contribution < 1.29 is 19.1 Å². The standard InChI is InChI=1S/C27H32ClN5O4S/c1-16-13-32(26(36)37-27(2,3)4)14-18(16)12-30-23(34)21-15-38-24(31-21)22-6-5-9-33(22)25(35)19-8-7-17(11-29)10-20(19)28/h7-8,10,15-16,18,22H,5-6,9,12-14H2,1-4H3,(H,30,34)/t16-,18-,22-/m1/s1. The minimum absolute atomic E-state index is 0.115. The van der Waals surface area contributed by atoms with Crippen LogP contribution in [0.25, 0.3) is 0 Å². The van der Waals surface area contributed by atoms with Crippen LogP contribution in [0.3, 0.4) is 0 Å². The normalized spacial score (nSPS) is 21.3. The van der Waals surface area contributed by atoms with Gasteiger partial charge in [0.05, 0.1) is 28.3 Å². The Morgan fingerprint density at radius 1 is 1.29 bits per heavy atom. The Bertz CT molecular complexity index is 1270. The van der Waals surface area contributed by atoms with E-state index in [-0.39, 0.29) is 40.8 Å². The maximum atomic E-state index is 13.2. The molecular weight excluding hydrogens is 526 g/mol. The molecule has 2 aromatic rings. The van der Waals surface area contributed by atoms with Gasteiger partial charge >= 0.3 is 6.09 Å². The smallest absolute Gasteiger partial charge is 0.410 e. The maximum absolute atomic E-state index is 13.2. The van der Waals surface area contributed by atoms with Crippen LogP contribution in [0.15, 0.2) is 23.6 Å². The van der Waals surface area contributed by atoms with Crippen molar-refractivity contribution in [1.29, 1.82) is 5.26 Å². The zero-order chi connectivity index (χ0) is 27.6. The molecule has 1 N–H and O–H groups in total. The molecule has 3 heterocycles. The lowest BCUT2D eigenvalue weighted by atomic mass is 9.98. The number of amides is 3. The number of rotatable bonds is 5. The van der Waals surface area contributed by atoms with Crippen molar-refractivity contribution in [2.75, 3.05) is 26.2 Å². The molecule has 0 spiro atoms. The summed E-state index contributed by atoms with van der Waals surface area (Å²) in [6.45, 7) is 9.69. The molecule has 4 rings (SSSR count). The first-order valence-electron chi connectivity index (χ1n) is 12.7. The summed E-state index contributed by atoms with van der Waals surface area (Å²) < 4.78 is 5.48. The summed E-state index contributed by atoms with van der Waals surface area (Å²) in [6.07, 6.45) is 1.23. The average molecular weight is 558 g/mol. The number of nitriles is 1. The van der Waals surface area contributed by atoms with Crippen LogP contribution in [0, 0.1) is 23.2 Å². The van der Waals surface area contributed by atoms with Crippen LogP contribution in [0.2, 0.25) is 5.02 Å². The van der Waals surface area contributed by atoms with Crippen molar-refractivity contribution in [1.82, 2.24) is 20.1 Å². The van der Waals surface area contributed by atoms with Gasteiger partial charge in [-0.25, -0.2) is 9.78 Å². The van der Waals surface area contributed by atoms with E-state index in [1.807, 2.05) is 26.8 Å². The molecule has 0 bridgehead atoms. The van der Waals surface area contributed by atoms with E-state index in [4.69, 9.17) is 21.6 Å². The van der Waals surface area contributed by atoms with Crippen molar-refractivity contribution in [2.45, 2.75) is 52.2 Å². The van der Waals surface area contributed by atoms with Crippen LogP contribution in [0.4, 0.5) is 4.79 Å². The molecule has 38 heavy (non-hydrogen) atoms. The van der Waals surface area contributed by atoms with Gasteiger partial charge in [0.2, 0.25) is 0 Å². The minimum atomic E-state index is -0.553. The van der Waals surface area contributed by atoms with Crippen LogP contribution in [-0.4, -0.2) is 64.5 Å². The number of nitrogens with one attached hydrogen (secondary N) is 1. The van der Waals surface area contributed by atoms with Crippen LogP contribution in [0.5, 0.6) is 0 Å². The van der Waals surface area contributed by atoms with Gasteiger partial charge in [-0.15, -0.1) is 11.3 Å². The number of thiazole rings is 1. The average Bonchev–Trinajstić information content (AvgIpc) is 3.60. The van der Waals surface area contributed by atoms with Gasteiger partial charge in [0, 0.05) is 31.6 Å². The summed E-state index contributed by atoms with van der Waals surface area (Å²) in [5.41, 5.74) is 0.501. The van der Waals surface area contributed by atoms with Crippen molar-refractivity contribution in [3.05, 3.63) is 50.4 Å². The number of aromatic nitrogens is 1. The lowest BCUT2D eigenvalue weighted by Gasteiger charge is -2.24. The van der Waals surface area contributed by atoms with E-state index in [0.29, 0.717) is 48.0 Å². The molecule has 2 saturated heterocycles. The molecule has 0 radical (unpaired) electrons. The number of carbonyl (C=O) groups is 3. The first kappa shape index (κ1) is 27.9. The number of hydrogen-bond acceptors (Lipinski definition) is 7. The van der Waals surface area contributed by atoms with Crippen LogP contribution >= 0.6 is 22.9 Å². The zero-order valence-electron chi connectivity index (χ0n) is 22.0. The number of benzene rings is 1. The summed E-state index contributed by atoms with van der Waals surface area (Å²) in [7, 11) is 0. The van der Waals surface area contributed by atoms with Crippen molar-refractivity contribution >= 4 is 40.8 Å². The zero-order valence-corrected chi connectivity index (χ0v) is 23.6. The van der Waals surface area contributed by atoms with Crippen LogP contribution in [-0.2, 0) is 4.74 Å². The molecule has 0 unspecified atom stereocenters. The third-order valence-electron chi connectivity index (χ3n) is 6.83. The van der Waals surface area contributed by atoms with Crippen molar-refractivity contribution in [2.24, 2.45) is 11.8 Å². The van der Waals surface area contributed by atoms with Gasteiger partial charge in [-0.1, -0.05) is 18.5 Å². The van der Waals surface area contributed by atoms with Gasteiger partial charge in [-0.2, -0.15) is 5.26 Å². The Kier molecular flexibility index (Phi) is 8.28. The molecule has 0 saturated carbocycles. The number of carbonyl (C=O) groups excluding carboxylic acids is 3. The van der Waals surface area contributed by atoms with E-state index < -0.39 is 5.60 Å². The third-order valence-corrected chi connectivity index (χ3v) is 8.09. The Morgan fingerprint density at radius 3 is 2.74 bits per heavy atom. The van der Waals surface area contributed by atoms with E-state index in [9.17, 15) is 14.4 Å². The van der Waals surface area contributed by atoms with Gasteiger partial charge in [0.25, 0.3) is 11.8 Å². The highest BCUT2D eigenvalue weighted by molar-refractivity contribution is 7.09. The van der Waals surface area contributed by atoms with E-state index in [0.717, 1.165) is 12.8 Å². The van der Waals surface area contributed by atoms with Crippen molar-refractivity contribution in [3.8, 4) is 6.07 Å². The lowest BCUT2D eigenvalue weighted by Crippen LogP contribution is -2.36. The van der Waals surface area contributed by atoms with E-state index in [2.05, 4.69) is 17.2 Å². The molecule has 2 aliphatic heterocycles. The molecule has 202 valence electrons. The summed E-state index contributed by atoms with van der Waals surface area (Å²) in [6, 6.07) is 6.42. The third kappa shape index (κ3) is 6.27. The Labute approximate surface area is 231 Å². The van der Waals surface area contributed by atoms with Crippen LogP contribution in [0.1, 0.15) is 78.0 Å². The summed E-state index contributed by atoms with van der Waals surface area (Å²) in [5, 5.41) is 14.7. The molecule has 1 aromatic carbocycles. The maximum Gasteiger partial charge on any atom is 0.410 e. The number of likely N-dealkylation sites (tertiary alicyclic amines) is 2. The molecule has 3 atom stereocenters. The predicted molar refractivity (Wildman–Crippen MR) is 144 cm³/mol. The highest BCUT2D eigenvalue weighted by atomic mass is 35.5. The first-order chi connectivity index (χ1) is 18.0. The quantitative estimate of drug-likeness (QED) is 0.560. The molecular formula is C27H32ClN5O4S. The minimum Gasteiger partial charge on any atom is -0.444 e. The Balaban J connectivity index is 1.36. The van der Waals surface area contributed by atoms with Crippen molar-refractivity contribution in [3.63, 3.8) is 0 Å². The second kappa shape index (κ2) is 11.3. The van der Waals surface area contributed by atoms with E-state index in [1.54, 1.807) is 27.3 Å². The Hall–Kier alpha value is -3.16. The number of ether oxygens (including phenoxy) is 1. The predicted octanol–water partition coefficient (Wildman–Crippen LogP) is 4.88. The number of nitrogens with zero attached hydrogens (tertiary/aromatic N) is 4. The topological polar surface area (TPSA) is 116 Å². The second-order valence-corrected chi connectivity index (χ2v) is 12.2. The van der Waals surface area contributed by atoms with Gasteiger partial charge in [0.15, 0.2) is 0 Å². The highest BCUT2D eigenvalue weighted by Gasteiger charge is 2.36. The largest absolute Gasteiger partial charge is 0.444 e. The molecule has 9 nitrogen and oxygen atoms in total. The van der Waals surface area contributed by atoms with E-state index >= 15 is 0 Å². The molecule has 2 aliphatic rings. The van der Waals surface area contributed by atoms with Crippen LogP contribution < -0.4 is 5.32 Å². The lowest BCUT2D eigenvalue weighted by molar-refractivity contribution is 0.0284. The second-order valence-electron chi connectivity index (χ2n) is 10.9. The summed E-state index contributed by atoms with van der Waals surface area (Å²) >= 11 is 7.64. The molecule has 1 aromatic heterocycles.